The smallest absolute Gasteiger partial charge is 0.234 e. The molecule has 8 heteroatoms. The van der Waals surface area contributed by atoms with Gasteiger partial charge in [0, 0.05) is 22.9 Å². The molecule has 1 aromatic heterocycles. The number of aliphatic hydroxyl groups excluding tert-OH is 1. The molecule has 32 heavy (non-hydrogen) atoms. The average Bonchev–Trinajstić information content (AvgIpc) is 3.29. The molecule has 0 saturated carbocycles. The zero-order valence-electron chi connectivity index (χ0n) is 17.7. The first-order valence-corrected chi connectivity index (χ1v) is 11.3. The van der Waals surface area contributed by atoms with E-state index in [1.165, 1.54) is 11.8 Å². The van der Waals surface area contributed by atoms with Crippen molar-refractivity contribution >= 4 is 34.1 Å². The Morgan fingerprint density at radius 2 is 1.88 bits per heavy atom. The summed E-state index contributed by atoms with van der Waals surface area (Å²) in [4.78, 5) is 12.4. The number of phenolic OH excluding ortho intramolecular Hbond substituents is 1. The summed E-state index contributed by atoms with van der Waals surface area (Å²) < 4.78 is 1.90. The maximum atomic E-state index is 12.4. The third-order valence-electron chi connectivity index (χ3n) is 5.83. The van der Waals surface area contributed by atoms with Gasteiger partial charge in [-0.3, -0.25) is 9.36 Å². The number of thioether (sulfide) groups is 1. The Balaban J connectivity index is 1.76. The quantitative estimate of drug-likeness (QED) is 0.399. The SMILES string of the molecule is CC1(C)C(=O)Nc2cc(O)c(-c3nnc(SCCO)n3-c3cccc4ccccc34)cc21. The van der Waals surface area contributed by atoms with E-state index in [1.54, 1.807) is 6.07 Å². The van der Waals surface area contributed by atoms with Crippen LogP contribution in [0.3, 0.4) is 0 Å². The van der Waals surface area contributed by atoms with Gasteiger partial charge in [-0.15, -0.1) is 10.2 Å². The number of anilines is 1. The Morgan fingerprint density at radius 1 is 1.09 bits per heavy atom. The first-order valence-electron chi connectivity index (χ1n) is 10.3. The zero-order chi connectivity index (χ0) is 22.5. The molecule has 4 aromatic rings. The Kier molecular flexibility index (Phi) is 4.91. The van der Waals surface area contributed by atoms with Crippen molar-refractivity contribution in [3.8, 4) is 22.8 Å². The minimum Gasteiger partial charge on any atom is -0.507 e. The van der Waals surface area contributed by atoms with E-state index in [9.17, 15) is 15.0 Å². The standard InChI is InChI=1S/C24H22N4O3S/c1-24(2)17-12-16(20(30)13-18(17)25-22(24)31)21-26-27-23(32-11-10-29)28(21)19-9-5-7-14-6-3-4-8-15(14)19/h3-9,12-13,29-30H,10-11H2,1-2H3,(H,25,31). The van der Waals surface area contributed by atoms with Crippen molar-refractivity contribution in [1.29, 1.82) is 0 Å². The van der Waals surface area contributed by atoms with Gasteiger partial charge in [0.05, 0.1) is 23.3 Å². The van der Waals surface area contributed by atoms with Crippen molar-refractivity contribution < 1.29 is 15.0 Å². The number of rotatable bonds is 5. The molecule has 5 rings (SSSR count). The van der Waals surface area contributed by atoms with Crippen LogP contribution in [0.15, 0.2) is 59.8 Å². The van der Waals surface area contributed by atoms with Crippen molar-refractivity contribution in [3.63, 3.8) is 0 Å². The van der Waals surface area contributed by atoms with Crippen LogP contribution in [0.2, 0.25) is 0 Å². The lowest BCUT2D eigenvalue weighted by molar-refractivity contribution is -0.119. The van der Waals surface area contributed by atoms with Crippen LogP contribution in [0.5, 0.6) is 5.75 Å². The minimum atomic E-state index is -0.726. The molecule has 0 spiro atoms. The number of nitrogens with one attached hydrogen (secondary N) is 1. The van der Waals surface area contributed by atoms with Crippen molar-refractivity contribution in [2.24, 2.45) is 0 Å². The Morgan fingerprint density at radius 3 is 2.69 bits per heavy atom. The highest BCUT2D eigenvalue weighted by molar-refractivity contribution is 7.99. The molecule has 0 radical (unpaired) electrons. The molecule has 1 amide bonds. The van der Waals surface area contributed by atoms with Crippen LogP contribution in [0.4, 0.5) is 5.69 Å². The number of carbonyl (C=O) groups excluding carboxylic acids is 1. The summed E-state index contributed by atoms with van der Waals surface area (Å²) in [6, 6.07) is 17.4. The predicted octanol–water partition coefficient (Wildman–Crippen LogP) is 4.11. The third-order valence-corrected chi connectivity index (χ3v) is 6.74. The van der Waals surface area contributed by atoms with Gasteiger partial charge in [-0.2, -0.15) is 0 Å². The molecule has 7 nitrogen and oxygen atoms in total. The fourth-order valence-corrected chi connectivity index (χ4v) is 4.77. The molecular formula is C24H22N4O3S. The minimum absolute atomic E-state index is 0.00840. The number of hydrogen-bond donors (Lipinski definition) is 3. The van der Waals surface area contributed by atoms with Gasteiger partial charge in [-0.1, -0.05) is 48.2 Å². The third kappa shape index (κ3) is 3.14. The summed E-state index contributed by atoms with van der Waals surface area (Å²) in [5.74, 6) is 0.829. The normalized spacial score (nSPS) is 14.5. The molecule has 0 unspecified atom stereocenters. The number of nitrogens with zero attached hydrogens (tertiary/aromatic N) is 3. The molecule has 0 aliphatic carbocycles. The van der Waals surface area contributed by atoms with Gasteiger partial charge in [0.15, 0.2) is 11.0 Å². The van der Waals surface area contributed by atoms with E-state index >= 15 is 0 Å². The lowest BCUT2D eigenvalue weighted by Crippen LogP contribution is -2.26. The Hall–Kier alpha value is -3.36. The van der Waals surface area contributed by atoms with E-state index < -0.39 is 5.41 Å². The number of aromatic hydroxyl groups is 1. The molecule has 0 bridgehead atoms. The fraction of sp³-hybridized carbons (Fsp3) is 0.208. The Labute approximate surface area is 189 Å². The van der Waals surface area contributed by atoms with E-state index in [0.717, 1.165) is 22.0 Å². The van der Waals surface area contributed by atoms with E-state index in [4.69, 9.17) is 0 Å². The van der Waals surface area contributed by atoms with Gasteiger partial charge < -0.3 is 15.5 Å². The second kappa shape index (κ2) is 7.65. The maximum Gasteiger partial charge on any atom is 0.234 e. The molecule has 3 aromatic carbocycles. The maximum absolute atomic E-state index is 12.4. The molecule has 2 heterocycles. The molecule has 3 N–H and O–H groups in total. The summed E-state index contributed by atoms with van der Waals surface area (Å²) in [5.41, 5.74) is 2.04. The second-order valence-electron chi connectivity index (χ2n) is 8.21. The van der Waals surface area contributed by atoms with E-state index in [1.807, 2.05) is 66.9 Å². The first-order chi connectivity index (χ1) is 15.4. The van der Waals surface area contributed by atoms with Gasteiger partial charge in [0.2, 0.25) is 5.91 Å². The second-order valence-corrected chi connectivity index (χ2v) is 9.27. The number of benzene rings is 3. The number of aliphatic hydroxyl groups is 1. The van der Waals surface area contributed by atoms with Crippen LogP contribution >= 0.6 is 11.8 Å². The number of hydrogen-bond acceptors (Lipinski definition) is 6. The molecule has 0 saturated heterocycles. The van der Waals surface area contributed by atoms with Crippen molar-refractivity contribution in [2.75, 3.05) is 17.7 Å². The largest absolute Gasteiger partial charge is 0.507 e. The van der Waals surface area contributed by atoms with Gasteiger partial charge in [0.1, 0.15) is 5.75 Å². The fourth-order valence-electron chi connectivity index (χ4n) is 4.08. The summed E-state index contributed by atoms with van der Waals surface area (Å²) >= 11 is 1.39. The number of aromatic nitrogens is 3. The lowest BCUT2D eigenvalue weighted by Gasteiger charge is -2.17. The van der Waals surface area contributed by atoms with Gasteiger partial charge in [-0.05, 0) is 36.9 Å². The molecule has 1 aliphatic rings. The number of fused-ring (bicyclic) bond motifs is 2. The van der Waals surface area contributed by atoms with Crippen LogP contribution in [0.1, 0.15) is 19.4 Å². The van der Waals surface area contributed by atoms with Gasteiger partial charge in [0.25, 0.3) is 0 Å². The van der Waals surface area contributed by atoms with Crippen LogP contribution in [0, 0.1) is 0 Å². The monoisotopic (exact) mass is 446 g/mol. The highest BCUT2D eigenvalue weighted by Crippen LogP contribution is 2.44. The van der Waals surface area contributed by atoms with Crippen molar-refractivity contribution in [3.05, 3.63) is 60.2 Å². The summed E-state index contributed by atoms with van der Waals surface area (Å²) in [7, 11) is 0. The van der Waals surface area contributed by atoms with E-state index in [2.05, 4.69) is 15.5 Å². The highest BCUT2D eigenvalue weighted by Gasteiger charge is 2.39. The molecule has 1 aliphatic heterocycles. The van der Waals surface area contributed by atoms with E-state index in [0.29, 0.717) is 28.0 Å². The Bertz CT molecular complexity index is 1360. The van der Waals surface area contributed by atoms with Gasteiger partial charge in [-0.25, -0.2) is 0 Å². The summed E-state index contributed by atoms with van der Waals surface area (Å²) in [6.07, 6.45) is 0. The summed E-state index contributed by atoms with van der Waals surface area (Å²) in [5, 5.41) is 34.6. The number of carbonyl (C=O) groups is 1. The summed E-state index contributed by atoms with van der Waals surface area (Å²) in [6.45, 7) is 3.72. The van der Waals surface area contributed by atoms with Crippen LogP contribution in [0.25, 0.3) is 27.8 Å². The van der Waals surface area contributed by atoms with E-state index in [-0.39, 0.29) is 18.3 Å². The lowest BCUT2D eigenvalue weighted by atomic mass is 9.85. The van der Waals surface area contributed by atoms with Crippen molar-refractivity contribution in [1.82, 2.24) is 14.8 Å². The predicted molar refractivity (Wildman–Crippen MR) is 125 cm³/mol. The molecular weight excluding hydrogens is 424 g/mol. The molecule has 0 atom stereocenters. The molecule has 0 fully saturated rings. The van der Waals surface area contributed by atoms with Crippen LogP contribution in [-0.2, 0) is 10.2 Å². The number of phenols is 1. The first kappa shape index (κ1) is 20.5. The van der Waals surface area contributed by atoms with Gasteiger partial charge >= 0.3 is 0 Å². The van der Waals surface area contributed by atoms with Crippen LogP contribution in [-0.4, -0.2) is 43.2 Å². The van der Waals surface area contributed by atoms with Crippen LogP contribution < -0.4 is 5.32 Å². The highest BCUT2D eigenvalue weighted by atomic mass is 32.2. The topological polar surface area (TPSA) is 100 Å². The van der Waals surface area contributed by atoms with Crippen molar-refractivity contribution in [2.45, 2.75) is 24.4 Å². The zero-order valence-corrected chi connectivity index (χ0v) is 18.5. The number of amides is 1. The average molecular weight is 447 g/mol. The molecule has 162 valence electrons.